The van der Waals surface area contributed by atoms with E-state index in [9.17, 15) is 4.79 Å². The van der Waals surface area contributed by atoms with Gasteiger partial charge in [-0.3, -0.25) is 4.79 Å². The van der Waals surface area contributed by atoms with Crippen molar-refractivity contribution in [2.24, 2.45) is 7.05 Å². The van der Waals surface area contributed by atoms with Gasteiger partial charge in [0.25, 0.3) is 0 Å². The first-order chi connectivity index (χ1) is 12.0. The highest BCUT2D eigenvalue weighted by Crippen LogP contribution is 2.23. The van der Waals surface area contributed by atoms with E-state index < -0.39 is 0 Å². The summed E-state index contributed by atoms with van der Waals surface area (Å²) < 4.78 is 1.89. The Labute approximate surface area is 158 Å². The summed E-state index contributed by atoms with van der Waals surface area (Å²) in [6, 6.07) is 7.68. The molecule has 25 heavy (non-hydrogen) atoms. The lowest BCUT2D eigenvalue weighted by atomic mass is 10.1. The second kappa shape index (κ2) is 9.82. The monoisotopic (exact) mass is 380 g/mol. The van der Waals surface area contributed by atoms with E-state index in [2.05, 4.69) is 29.4 Å². The molecular weight excluding hydrogens is 356 g/mol. The highest BCUT2D eigenvalue weighted by atomic mass is 35.5. The van der Waals surface area contributed by atoms with Crippen LogP contribution in [-0.2, 0) is 11.8 Å². The molecule has 1 atom stereocenters. The predicted octanol–water partition coefficient (Wildman–Crippen LogP) is 4.31. The Morgan fingerprint density at radius 2 is 2.00 bits per heavy atom. The Balaban J connectivity index is 1.87. The molecule has 0 fully saturated rings. The van der Waals surface area contributed by atoms with E-state index in [4.69, 9.17) is 11.6 Å². The van der Waals surface area contributed by atoms with Crippen LogP contribution >= 0.6 is 23.4 Å². The van der Waals surface area contributed by atoms with Crippen LogP contribution in [0.15, 0.2) is 29.4 Å². The van der Waals surface area contributed by atoms with Crippen molar-refractivity contribution >= 4 is 29.3 Å². The molecule has 0 bridgehead atoms. The van der Waals surface area contributed by atoms with Gasteiger partial charge in [-0.1, -0.05) is 49.5 Å². The highest BCUT2D eigenvalue weighted by Gasteiger charge is 2.14. The molecular formula is C18H25ClN4OS. The minimum atomic E-state index is 0.0324. The SMILES string of the molecule is CCCCCC(C)NC(=O)CSc1nnc(-c2ccc(Cl)cc2)n1C. The number of thioether (sulfide) groups is 1. The van der Waals surface area contributed by atoms with Gasteiger partial charge in [0.1, 0.15) is 0 Å². The fourth-order valence-electron chi connectivity index (χ4n) is 2.51. The van der Waals surface area contributed by atoms with E-state index in [-0.39, 0.29) is 11.9 Å². The smallest absolute Gasteiger partial charge is 0.230 e. The molecule has 1 aromatic heterocycles. The lowest BCUT2D eigenvalue weighted by Gasteiger charge is -2.13. The zero-order valence-corrected chi connectivity index (χ0v) is 16.5. The summed E-state index contributed by atoms with van der Waals surface area (Å²) in [5.74, 6) is 1.13. The average Bonchev–Trinajstić information content (AvgIpc) is 2.95. The van der Waals surface area contributed by atoms with Gasteiger partial charge in [-0.05, 0) is 37.6 Å². The number of unbranched alkanes of at least 4 members (excludes halogenated alkanes) is 2. The maximum Gasteiger partial charge on any atom is 0.230 e. The Morgan fingerprint density at radius 1 is 1.28 bits per heavy atom. The molecule has 7 heteroatoms. The van der Waals surface area contributed by atoms with Crippen LogP contribution in [-0.4, -0.2) is 32.5 Å². The maximum atomic E-state index is 12.1. The molecule has 0 radical (unpaired) electrons. The first-order valence-electron chi connectivity index (χ1n) is 8.58. The first-order valence-corrected chi connectivity index (χ1v) is 9.95. The fraction of sp³-hybridized carbons (Fsp3) is 0.500. The lowest BCUT2D eigenvalue weighted by molar-refractivity contribution is -0.119. The third-order valence-electron chi connectivity index (χ3n) is 3.92. The number of carbonyl (C=O) groups excluding carboxylic acids is 1. The average molecular weight is 381 g/mol. The number of amides is 1. The van der Waals surface area contributed by atoms with Gasteiger partial charge in [0.15, 0.2) is 11.0 Å². The van der Waals surface area contributed by atoms with Gasteiger partial charge in [0.05, 0.1) is 5.75 Å². The number of rotatable bonds is 9. The molecule has 1 heterocycles. The van der Waals surface area contributed by atoms with Crippen molar-refractivity contribution < 1.29 is 4.79 Å². The number of hydrogen-bond donors (Lipinski definition) is 1. The van der Waals surface area contributed by atoms with Crippen molar-refractivity contribution in [2.45, 2.75) is 50.7 Å². The van der Waals surface area contributed by atoms with E-state index in [1.807, 2.05) is 35.9 Å². The quantitative estimate of drug-likeness (QED) is 0.520. The minimum absolute atomic E-state index is 0.0324. The van der Waals surface area contributed by atoms with E-state index in [0.717, 1.165) is 29.4 Å². The van der Waals surface area contributed by atoms with Crippen LogP contribution < -0.4 is 5.32 Å². The summed E-state index contributed by atoms with van der Waals surface area (Å²) in [5, 5.41) is 12.9. The first kappa shape index (κ1) is 19.8. The molecule has 1 unspecified atom stereocenters. The van der Waals surface area contributed by atoms with Gasteiger partial charge in [0.2, 0.25) is 5.91 Å². The molecule has 5 nitrogen and oxygen atoms in total. The predicted molar refractivity (Wildman–Crippen MR) is 104 cm³/mol. The Morgan fingerprint density at radius 3 is 2.68 bits per heavy atom. The Kier molecular flexibility index (Phi) is 7.78. The summed E-state index contributed by atoms with van der Waals surface area (Å²) in [6.45, 7) is 4.23. The van der Waals surface area contributed by atoms with E-state index in [1.54, 1.807) is 0 Å². The number of hydrogen-bond acceptors (Lipinski definition) is 4. The van der Waals surface area contributed by atoms with Crippen molar-refractivity contribution in [3.05, 3.63) is 29.3 Å². The summed E-state index contributed by atoms with van der Waals surface area (Å²) in [7, 11) is 1.90. The van der Waals surface area contributed by atoms with E-state index in [0.29, 0.717) is 10.8 Å². The summed E-state index contributed by atoms with van der Waals surface area (Å²) in [6.07, 6.45) is 4.58. The Bertz CT molecular complexity index is 687. The Hall–Kier alpha value is -1.53. The molecule has 1 N–H and O–H groups in total. The zero-order valence-electron chi connectivity index (χ0n) is 15.0. The summed E-state index contributed by atoms with van der Waals surface area (Å²) >= 11 is 7.31. The number of carbonyl (C=O) groups is 1. The molecule has 0 saturated heterocycles. The van der Waals surface area contributed by atoms with Crippen LogP contribution in [0.2, 0.25) is 5.02 Å². The van der Waals surface area contributed by atoms with Crippen LogP contribution in [0, 0.1) is 0 Å². The number of halogens is 1. The van der Waals surface area contributed by atoms with Gasteiger partial charge < -0.3 is 9.88 Å². The van der Waals surface area contributed by atoms with Crippen molar-refractivity contribution in [1.29, 1.82) is 0 Å². The molecule has 2 rings (SSSR count). The van der Waals surface area contributed by atoms with Crippen molar-refractivity contribution in [2.75, 3.05) is 5.75 Å². The maximum absolute atomic E-state index is 12.1. The van der Waals surface area contributed by atoms with Crippen LogP contribution in [0.3, 0.4) is 0 Å². The highest BCUT2D eigenvalue weighted by molar-refractivity contribution is 7.99. The number of nitrogens with zero attached hydrogens (tertiary/aromatic N) is 3. The van der Waals surface area contributed by atoms with Crippen LogP contribution in [0.4, 0.5) is 0 Å². The molecule has 0 aliphatic heterocycles. The van der Waals surface area contributed by atoms with Crippen LogP contribution in [0.25, 0.3) is 11.4 Å². The lowest BCUT2D eigenvalue weighted by Crippen LogP contribution is -2.33. The minimum Gasteiger partial charge on any atom is -0.353 e. The summed E-state index contributed by atoms with van der Waals surface area (Å²) in [4.78, 5) is 12.1. The van der Waals surface area contributed by atoms with Gasteiger partial charge in [-0.25, -0.2) is 0 Å². The van der Waals surface area contributed by atoms with Crippen molar-refractivity contribution in [3.8, 4) is 11.4 Å². The van der Waals surface area contributed by atoms with Crippen molar-refractivity contribution in [1.82, 2.24) is 20.1 Å². The van der Waals surface area contributed by atoms with Crippen molar-refractivity contribution in [3.63, 3.8) is 0 Å². The molecule has 0 aliphatic carbocycles. The molecule has 1 aromatic carbocycles. The number of nitrogens with one attached hydrogen (secondary N) is 1. The van der Waals surface area contributed by atoms with E-state index >= 15 is 0 Å². The molecule has 1 amide bonds. The van der Waals surface area contributed by atoms with Gasteiger partial charge in [0, 0.05) is 23.7 Å². The second-order valence-corrected chi connectivity index (χ2v) is 7.50. The molecule has 0 saturated carbocycles. The third-order valence-corrected chi connectivity index (χ3v) is 5.19. The van der Waals surface area contributed by atoms with Crippen LogP contribution in [0.1, 0.15) is 39.5 Å². The summed E-state index contributed by atoms with van der Waals surface area (Å²) in [5.41, 5.74) is 0.945. The van der Waals surface area contributed by atoms with Crippen LogP contribution in [0.5, 0.6) is 0 Å². The standard InChI is InChI=1S/C18H25ClN4OS/c1-4-5-6-7-13(2)20-16(24)12-25-18-22-21-17(23(18)3)14-8-10-15(19)11-9-14/h8-11,13H,4-7,12H2,1-3H3,(H,20,24). The molecule has 136 valence electrons. The second-order valence-electron chi connectivity index (χ2n) is 6.13. The van der Waals surface area contributed by atoms with Gasteiger partial charge in [-0.15, -0.1) is 10.2 Å². The molecule has 0 aliphatic rings. The number of aromatic nitrogens is 3. The van der Waals surface area contributed by atoms with E-state index in [1.165, 1.54) is 24.6 Å². The normalized spacial score (nSPS) is 12.2. The molecule has 2 aromatic rings. The molecule has 0 spiro atoms. The van der Waals surface area contributed by atoms with Gasteiger partial charge >= 0.3 is 0 Å². The fourth-order valence-corrected chi connectivity index (χ4v) is 3.36. The topological polar surface area (TPSA) is 59.8 Å². The third kappa shape index (κ3) is 6.04. The largest absolute Gasteiger partial charge is 0.353 e. The zero-order chi connectivity index (χ0) is 18.2. The number of benzene rings is 1. The van der Waals surface area contributed by atoms with Gasteiger partial charge in [-0.2, -0.15) is 0 Å².